The van der Waals surface area contributed by atoms with Crippen LogP contribution in [0.15, 0.2) is 12.1 Å². The number of aryl methyl sites for hydroxylation is 1. The van der Waals surface area contributed by atoms with Crippen molar-refractivity contribution in [2.75, 3.05) is 0 Å². The molecule has 0 radical (unpaired) electrons. The second kappa shape index (κ2) is 5.60. The van der Waals surface area contributed by atoms with E-state index < -0.39 is 0 Å². The molecule has 16 heavy (non-hydrogen) atoms. The lowest BCUT2D eigenvalue weighted by molar-refractivity contribution is -0.118. The van der Waals surface area contributed by atoms with E-state index in [1.807, 2.05) is 13.8 Å². The van der Waals surface area contributed by atoms with E-state index >= 15 is 0 Å². The van der Waals surface area contributed by atoms with Crippen LogP contribution >= 0.6 is 11.3 Å². The molecule has 0 unspecified atom stereocenters. The Morgan fingerprint density at radius 3 is 2.50 bits per heavy atom. The molecule has 0 aliphatic heterocycles. The number of carbonyl (C=O) groups excluding carboxylic acids is 1. The van der Waals surface area contributed by atoms with Crippen LogP contribution in [0.2, 0.25) is 0 Å². The Hall–Kier alpha value is -0.670. The molecule has 0 amide bonds. The van der Waals surface area contributed by atoms with Crippen molar-refractivity contribution >= 4 is 17.1 Å². The summed E-state index contributed by atoms with van der Waals surface area (Å²) in [4.78, 5) is 14.2. The summed E-state index contributed by atoms with van der Waals surface area (Å²) in [5, 5.41) is 0. The van der Waals surface area contributed by atoms with Crippen molar-refractivity contribution in [1.29, 1.82) is 0 Å². The molecular formula is C13H21NOS. The first-order chi connectivity index (χ1) is 7.40. The molecule has 0 bridgehead atoms. The largest absolute Gasteiger partial charge is 0.326 e. The summed E-state index contributed by atoms with van der Waals surface area (Å²) in [5.41, 5.74) is 5.62. The molecule has 3 heteroatoms. The smallest absolute Gasteiger partial charge is 0.138 e. The lowest BCUT2D eigenvalue weighted by Crippen LogP contribution is -2.32. The van der Waals surface area contributed by atoms with Crippen molar-refractivity contribution in [3.05, 3.63) is 21.9 Å². The number of carbonyl (C=O) groups is 1. The van der Waals surface area contributed by atoms with E-state index in [1.165, 1.54) is 9.75 Å². The van der Waals surface area contributed by atoms with Gasteiger partial charge >= 0.3 is 0 Å². The van der Waals surface area contributed by atoms with Gasteiger partial charge in [0, 0.05) is 28.1 Å². The van der Waals surface area contributed by atoms with Gasteiger partial charge in [0.15, 0.2) is 0 Å². The standard InChI is InChI=1S/C13H21NOS/c1-4-11-5-6-12(16-11)9-10(15)7-8-13(2,3)14/h5-6H,4,7-9,14H2,1-3H3. The zero-order valence-corrected chi connectivity index (χ0v) is 11.2. The highest BCUT2D eigenvalue weighted by atomic mass is 32.1. The summed E-state index contributed by atoms with van der Waals surface area (Å²) in [6.07, 6.45) is 2.97. The molecule has 2 N–H and O–H groups in total. The van der Waals surface area contributed by atoms with Crippen LogP contribution in [0.4, 0.5) is 0 Å². The lowest BCUT2D eigenvalue weighted by atomic mass is 9.97. The third-order valence-corrected chi connectivity index (χ3v) is 3.71. The normalized spacial score (nSPS) is 11.8. The minimum Gasteiger partial charge on any atom is -0.326 e. The summed E-state index contributed by atoms with van der Waals surface area (Å²) in [7, 11) is 0. The summed E-state index contributed by atoms with van der Waals surface area (Å²) >= 11 is 1.74. The summed E-state index contributed by atoms with van der Waals surface area (Å²) in [6, 6.07) is 4.18. The fraction of sp³-hybridized carbons (Fsp3) is 0.615. The van der Waals surface area contributed by atoms with E-state index in [4.69, 9.17) is 5.73 Å². The number of nitrogens with two attached hydrogens (primary N) is 1. The van der Waals surface area contributed by atoms with E-state index in [-0.39, 0.29) is 5.54 Å². The first kappa shape index (κ1) is 13.4. The second-order valence-electron chi connectivity index (χ2n) is 4.93. The van der Waals surface area contributed by atoms with Gasteiger partial charge in [0.2, 0.25) is 0 Å². The summed E-state index contributed by atoms with van der Waals surface area (Å²) in [5.74, 6) is 0.294. The van der Waals surface area contributed by atoms with E-state index in [0.29, 0.717) is 18.6 Å². The van der Waals surface area contributed by atoms with E-state index in [2.05, 4.69) is 19.1 Å². The average molecular weight is 239 g/mol. The number of Topliss-reactive ketones (excluding diaryl/α,β-unsaturated/α-hetero) is 1. The Morgan fingerprint density at radius 1 is 1.38 bits per heavy atom. The van der Waals surface area contributed by atoms with Gasteiger partial charge in [0.05, 0.1) is 0 Å². The van der Waals surface area contributed by atoms with Crippen molar-refractivity contribution < 1.29 is 4.79 Å². The SMILES string of the molecule is CCc1ccc(CC(=O)CCC(C)(C)N)s1. The van der Waals surface area contributed by atoms with Crippen LogP contribution in [-0.2, 0) is 17.6 Å². The Balaban J connectivity index is 2.40. The van der Waals surface area contributed by atoms with Gasteiger partial charge in [0.1, 0.15) is 5.78 Å². The van der Waals surface area contributed by atoms with Gasteiger partial charge < -0.3 is 5.73 Å². The van der Waals surface area contributed by atoms with Crippen LogP contribution in [-0.4, -0.2) is 11.3 Å². The number of ketones is 1. The van der Waals surface area contributed by atoms with Gasteiger partial charge in [-0.05, 0) is 38.8 Å². The Bertz CT molecular complexity index is 349. The molecular weight excluding hydrogens is 218 g/mol. The number of thiophene rings is 1. The maximum Gasteiger partial charge on any atom is 0.138 e. The van der Waals surface area contributed by atoms with Crippen molar-refractivity contribution in [1.82, 2.24) is 0 Å². The molecule has 0 saturated heterocycles. The van der Waals surface area contributed by atoms with Crippen molar-refractivity contribution in [3.63, 3.8) is 0 Å². The van der Waals surface area contributed by atoms with Crippen molar-refractivity contribution in [2.45, 2.75) is 52.0 Å². The van der Waals surface area contributed by atoms with Crippen LogP contribution in [0.25, 0.3) is 0 Å². The van der Waals surface area contributed by atoms with E-state index in [1.54, 1.807) is 11.3 Å². The van der Waals surface area contributed by atoms with Crippen LogP contribution in [0.1, 0.15) is 43.4 Å². The van der Waals surface area contributed by atoms with E-state index in [0.717, 1.165) is 12.8 Å². The molecule has 0 fully saturated rings. The van der Waals surface area contributed by atoms with Crippen molar-refractivity contribution in [2.24, 2.45) is 5.73 Å². The molecule has 0 aromatic carbocycles. The third-order valence-electron chi connectivity index (χ3n) is 2.49. The van der Waals surface area contributed by atoms with Gasteiger partial charge in [-0.3, -0.25) is 4.79 Å². The molecule has 1 rings (SSSR count). The molecule has 0 aliphatic rings. The quantitative estimate of drug-likeness (QED) is 0.829. The van der Waals surface area contributed by atoms with Gasteiger partial charge in [0.25, 0.3) is 0 Å². The van der Waals surface area contributed by atoms with E-state index in [9.17, 15) is 4.79 Å². The van der Waals surface area contributed by atoms with Crippen LogP contribution < -0.4 is 5.73 Å². The molecule has 0 aliphatic carbocycles. The monoisotopic (exact) mass is 239 g/mol. The van der Waals surface area contributed by atoms with Gasteiger partial charge in [-0.25, -0.2) is 0 Å². The number of rotatable bonds is 6. The summed E-state index contributed by atoms with van der Waals surface area (Å²) in [6.45, 7) is 6.05. The number of hydrogen-bond donors (Lipinski definition) is 1. The molecule has 1 heterocycles. The molecule has 1 aromatic rings. The zero-order valence-electron chi connectivity index (χ0n) is 10.4. The number of hydrogen-bond acceptors (Lipinski definition) is 3. The van der Waals surface area contributed by atoms with Crippen LogP contribution in [0, 0.1) is 0 Å². The first-order valence-electron chi connectivity index (χ1n) is 5.79. The molecule has 0 atom stereocenters. The maximum atomic E-state index is 11.7. The van der Waals surface area contributed by atoms with Gasteiger partial charge in [-0.2, -0.15) is 0 Å². The topological polar surface area (TPSA) is 43.1 Å². The van der Waals surface area contributed by atoms with Gasteiger partial charge in [-0.15, -0.1) is 11.3 Å². The maximum absolute atomic E-state index is 11.7. The highest BCUT2D eigenvalue weighted by Crippen LogP contribution is 2.18. The average Bonchev–Trinajstić information content (AvgIpc) is 2.61. The summed E-state index contributed by atoms with van der Waals surface area (Å²) < 4.78 is 0. The molecule has 0 spiro atoms. The Labute approximate surface area is 102 Å². The van der Waals surface area contributed by atoms with Gasteiger partial charge in [-0.1, -0.05) is 6.92 Å². The predicted octanol–water partition coefficient (Wildman–Crippen LogP) is 2.94. The minimum atomic E-state index is -0.236. The molecule has 2 nitrogen and oxygen atoms in total. The minimum absolute atomic E-state index is 0.236. The Kier molecular flexibility index (Phi) is 4.69. The molecule has 1 aromatic heterocycles. The highest BCUT2D eigenvalue weighted by molar-refractivity contribution is 7.12. The highest BCUT2D eigenvalue weighted by Gasteiger charge is 2.14. The predicted molar refractivity (Wildman–Crippen MR) is 69.9 cm³/mol. The van der Waals surface area contributed by atoms with Crippen LogP contribution in [0.5, 0.6) is 0 Å². The molecule has 90 valence electrons. The lowest BCUT2D eigenvalue weighted by Gasteiger charge is -2.17. The fourth-order valence-corrected chi connectivity index (χ4v) is 2.44. The zero-order chi connectivity index (χ0) is 12.2. The first-order valence-corrected chi connectivity index (χ1v) is 6.60. The van der Waals surface area contributed by atoms with Crippen LogP contribution in [0.3, 0.4) is 0 Å². The molecule has 0 saturated carbocycles. The van der Waals surface area contributed by atoms with Crippen molar-refractivity contribution in [3.8, 4) is 0 Å². The fourth-order valence-electron chi connectivity index (χ4n) is 1.45. The third kappa shape index (κ3) is 4.90. The second-order valence-corrected chi connectivity index (χ2v) is 6.18. The Morgan fingerprint density at radius 2 is 2.00 bits per heavy atom.